The van der Waals surface area contributed by atoms with Crippen molar-refractivity contribution < 1.29 is 0 Å². The lowest BCUT2D eigenvalue weighted by Gasteiger charge is -2.22. The van der Waals surface area contributed by atoms with E-state index >= 15 is 0 Å². The molecule has 0 spiro atoms. The molecule has 0 aromatic carbocycles. The molecule has 0 saturated heterocycles. The third-order valence-corrected chi connectivity index (χ3v) is 3.94. The maximum Gasteiger partial charge on any atom is 0.0466 e. The van der Waals surface area contributed by atoms with Crippen LogP contribution in [0.25, 0.3) is 0 Å². The van der Waals surface area contributed by atoms with Crippen molar-refractivity contribution in [1.29, 1.82) is 0 Å². The quantitative estimate of drug-likeness (QED) is 0.607. The first-order valence-corrected chi connectivity index (χ1v) is 6.74. The second-order valence-corrected chi connectivity index (χ2v) is 5.03. The van der Waals surface area contributed by atoms with Gasteiger partial charge < -0.3 is 0 Å². The molecule has 0 aliphatic heterocycles. The number of hydrazine groups is 1. The van der Waals surface area contributed by atoms with Gasteiger partial charge in [0.2, 0.25) is 0 Å². The molecule has 0 amide bonds. The van der Waals surface area contributed by atoms with Crippen LogP contribution in [0.4, 0.5) is 0 Å². The van der Waals surface area contributed by atoms with E-state index < -0.39 is 0 Å². The van der Waals surface area contributed by atoms with E-state index in [1.54, 1.807) is 0 Å². The lowest BCUT2D eigenvalue weighted by atomic mass is 9.91. The second-order valence-electron chi connectivity index (χ2n) is 5.03. The van der Waals surface area contributed by atoms with Crippen LogP contribution in [0.2, 0.25) is 0 Å². The minimum atomic E-state index is 0.288. The van der Waals surface area contributed by atoms with Crippen molar-refractivity contribution in [1.82, 2.24) is 10.4 Å². The van der Waals surface area contributed by atoms with Crippen LogP contribution < -0.4 is 11.3 Å². The van der Waals surface area contributed by atoms with E-state index in [1.807, 2.05) is 12.4 Å². The Bertz CT molecular complexity index is 345. The van der Waals surface area contributed by atoms with Gasteiger partial charge in [0.15, 0.2) is 0 Å². The summed E-state index contributed by atoms with van der Waals surface area (Å²) in [6.07, 6.45) is 11.5. The van der Waals surface area contributed by atoms with Crippen LogP contribution >= 0.6 is 0 Å². The Hall–Kier alpha value is -0.930. The zero-order chi connectivity index (χ0) is 12.1. The van der Waals surface area contributed by atoms with E-state index in [0.29, 0.717) is 0 Å². The summed E-state index contributed by atoms with van der Waals surface area (Å²) in [5.41, 5.74) is 5.64. The molecule has 94 valence electrons. The Morgan fingerprint density at radius 3 is 2.88 bits per heavy atom. The first-order chi connectivity index (χ1) is 8.35. The molecule has 1 heterocycles. The third-order valence-electron chi connectivity index (χ3n) is 3.94. The number of hydrogen-bond acceptors (Lipinski definition) is 3. The Morgan fingerprint density at radius 1 is 1.47 bits per heavy atom. The fourth-order valence-electron chi connectivity index (χ4n) is 2.94. The first kappa shape index (κ1) is 12.5. The molecule has 1 atom stereocenters. The molecule has 0 bridgehead atoms. The van der Waals surface area contributed by atoms with E-state index in [4.69, 9.17) is 5.84 Å². The second kappa shape index (κ2) is 6.12. The lowest BCUT2D eigenvalue weighted by Crippen LogP contribution is -2.30. The molecule has 1 aromatic rings. The van der Waals surface area contributed by atoms with Crippen LogP contribution in [0.1, 0.15) is 56.2 Å². The highest BCUT2D eigenvalue weighted by molar-refractivity contribution is 5.26. The highest BCUT2D eigenvalue weighted by Crippen LogP contribution is 2.33. The van der Waals surface area contributed by atoms with Crippen molar-refractivity contribution in [3.63, 3.8) is 0 Å². The van der Waals surface area contributed by atoms with E-state index in [9.17, 15) is 0 Å². The lowest BCUT2D eigenvalue weighted by molar-refractivity contribution is 0.398. The maximum atomic E-state index is 5.74. The number of aryl methyl sites for hydroxylation is 1. The number of hydrogen-bond donors (Lipinski definition) is 2. The molecular weight excluding hydrogens is 210 g/mol. The molecule has 1 aliphatic rings. The Kier molecular flexibility index (Phi) is 4.51. The van der Waals surface area contributed by atoms with E-state index in [1.165, 1.54) is 36.8 Å². The van der Waals surface area contributed by atoms with Crippen molar-refractivity contribution >= 4 is 0 Å². The van der Waals surface area contributed by atoms with Gasteiger partial charge in [-0.25, -0.2) is 0 Å². The molecule has 3 heteroatoms. The number of nitrogens with zero attached hydrogens (tertiary/aromatic N) is 1. The van der Waals surface area contributed by atoms with Crippen molar-refractivity contribution in [2.24, 2.45) is 11.8 Å². The SMILES string of the molecule is CCc1cnccc1C(CC1CCCC1)NN. The first-order valence-electron chi connectivity index (χ1n) is 6.74. The number of pyridine rings is 1. The Labute approximate surface area is 104 Å². The van der Waals surface area contributed by atoms with Gasteiger partial charge in [0.1, 0.15) is 0 Å². The van der Waals surface area contributed by atoms with Crippen LogP contribution in [0.15, 0.2) is 18.5 Å². The maximum absolute atomic E-state index is 5.74. The molecule has 3 N–H and O–H groups in total. The molecular formula is C14H23N3. The summed E-state index contributed by atoms with van der Waals surface area (Å²) < 4.78 is 0. The van der Waals surface area contributed by atoms with Gasteiger partial charge in [0.05, 0.1) is 0 Å². The summed E-state index contributed by atoms with van der Waals surface area (Å²) in [5.74, 6) is 6.58. The highest BCUT2D eigenvalue weighted by atomic mass is 15.2. The molecule has 1 saturated carbocycles. The number of nitrogens with two attached hydrogens (primary N) is 1. The summed E-state index contributed by atoms with van der Waals surface area (Å²) in [5, 5.41) is 0. The van der Waals surface area contributed by atoms with Crippen LogP contribution in [0.3, 0.4) is 0 Å². The summed E-state index contributed by atoms with van der Waals surface area (Å²) in [7, 11) is 0. The van der Waals surface area contributed by atoms with Crippen LogP contribution in [0.5, 0.6) is 0 Å². The van der Waals surface area contributed by atoms with Gasteiger partial charge in [-0.15, -0.1) is 0 Å². The predicted molar refractivity (Wildman–Crippen MR) is 70.3 cm³/mol. The van der Waals surface area contributed by atoms with Crippen LogP contribution in [-0.4, -0.2) is 4.98 Å². The molecule has 17 heavy (non-hydrogen) atoms. The standard InChI is InChI=1S/C14H23N3/c1-2-12-10-16-8-7-13(12)14(17-15)9-11-5-3-4-6-11/h7-8,10-11,14,17H,2-6,9,15H2,1H3. The van der Waals surface area contributed by atoms with Gasteiger partial charge in [-0.3, -0.25) is 16.3 Å². The molecule has 0 radical (unpaired) electrons. The minimum Gasteiger partial charge on any atom is -0.271 e. The Morgan fingerprint density at radius 2 is 2.24 bits per heavy atom. The summed E-state index contributed by atoms with van der Waals surface area (Å²) >= 11 is 0. The average Bonchev–Trinajstić information content (AvgIpc) is 2.89. The highest BCUT2D eigenvalue weighted by Gasteiger charge is 2.21. The molecule has 3 nitrogen and oxygen atoms in total. The smallest absolute Gasteiger partial charge is 0.0466 e. The van der Waals surface area contributed by atoms with Gasteiger partial charge in [0.25, 0.3) is 0 Å². The van der Waals surface area contributed by atoms with Crippen molar-refractivity contribution in [3.8, 4) is 0 Å². The van der Waals surface area contributed by atoms with Gasteiger partial charge in [-0.2, -0.15) is 0 Å². The molecule has 1 aliphatic carbocycles. The average molecular weight is 233 g/mol. The molecule has 1 aromatic heterocycles. The van der Waals surface area contributed by atoms with Crippen molar-refractivity contribution in [2.45, 2.75) is 51.5 Å². The predicted octanol–water partition coefficient (Wildman–Crippen LogP) is 2.73. The van der Waals surface area contributed by atoms with Gasteiger partial charge >= 0.3 is 0 Å². The Balaban J connectivity index is 2.10. The summed E-state index contributed by atoms with van der Waals surface area (Å²) in [4.78, 5) is 4.20. The third kappa shape index (κ3) is 3.05. The van der Waals surface area contributed by atoms with Crippen LogP contribution in [0, 0.1) is 5.92 Å². The monoisotopic (exact) mass is 233 g/mol. The van der Waals surface area contributed by atoms with Gasteiger partial charge in [0, 0.05) is 18.4 Å². The number of nitrogens with one attached hydrogen (secondary N) is 1. The number of aromatic nitrogens is 1. The minimum absolute atomic E-state index is 0.288. The van der Waals surface area contributed by atoms with E-state index in [2.05, 4.69) is 23.4 Å². The fraction of sp³-hybridized carbons (Fsp3) is 0.643. The van der Waals surface area contributed by atoms with E-state index in [-0.39, 0.29) is 6.04 Å². The largest absolute Gasteiger partial charge is 0.271 e. The molecule has 2 rings (SSSR count). The van der Waals surface area contributed by atoms with Gasteiger partial charge in [-0.1, -0.05) is 32.6 Å². The van der Waals surface area contributed by atoms with Crippen molar-refractivity contribution in [3.05, 3.63) is 29.6 Å². The zero-order valence-electron chi connectivity index (χ0n) is 10.7. The van der Waals surface area contributed by atoms with E-state index in [0.717, 1.165) is 18.8 Å². The van der Waals surface area contributed by atoms with Crippen molar-refractivity contribution in [2.75, 3.05) is 0 Å². The zero-order valence-corrected chi connectivity index (χ0v) is 10.7. The summed E-state index contributed by atoms with van der Waals surface area (Å²) in [6.45, 7) is 2.17. The number of rotatable bonds is 5. The topological polar surface area (TPSA) is 50.9 Å². The fourth-order valence-corrected chi connectivity index (χ4v) is 2.94. The summed E-state index contributed by atoms with van der Waals surface area (Å²) in [6, 6.07) is 2.40. The molecule has 1 unspecified atom stereocenters. The molecule has 1 fully saturated rings. The normalized spacial score (nSPS) is 18.5. The van der Waals surface area contributed by atoms with Crippen LogP contribution in [-0.2, 0) is 6.42 Å². The van der Waals surface area contributed by atoms with Gasteiger partial charge in [-0.05, 0) is 36.0 Å².